The number of hydrogen-bond acceptors (Lipinski definition) is 5. The van der Waals surface area contributed by atoms with Crippen molar-refractivity contribution in [1.82, 2.24) is 10.2 Å². The SMILES string of the molecule is COc1ccc(-c2nnc(N(CC(C)C)C(=O)CC(C)C)s2)cc1. The predicted octanol–water partition coefficient (Wildman–Crippen LogP) is 4.25. The minimum atomic E-state index is 0.108. The third-order valence-electron chi connectivity index (χ3n) is 3.41. The lowest BCUT2D eigenvalue weighted by Gasteiger charge is -2.22. The molecule has 0 radical (unpaired) electrons. The molecule has 0 aliphatic carbocycles. The molecule has 1 aromatic carbocycles. The molecule has 0 fully saturated rings. The molecule has 1 amide bonds. The van der Waals surface area contributed by atoms with Crippen molar-refractivity contribution in [2.75, 3.05) is 18.6 Å². The van der Waals surface area contributed by atoms with Crippen molar-refractivity contribution in [2.24, 2.45) is 11.8 Å². The van der Waals surface area contributed by atoms with E-state index in [9.17, 15) is 4.79 Å². The van der Waals surface area contributed by atoms with Gasteiger partial charge in [-0.3, -0.25) is 9.69 Å². The van der Waals surface area contributed by atoms with E-state index in [2.05, 4.69) is 24.0 Å². The Morgan fingerprint density at radius 2 is 1.79 bits per heavy atom. The molecule has 1 heterocycles. The molecule has 6 heteroatoms. The number of anilines is 1. The van der Waals surface area contributed by atoms with Gasteiger partial charge in [0, 0.05) is 18.5 Å². The summed E-state index contributed by atoms with van der Waals surface area (Å²) in [7, 11) is 1.64. The summed E-state index contributed by atoms with van der Waals surface area (Å²) in [6, 6.07) is 7.69. The van der Waals surface area contributed by atoms with Crippen LogP contribution in [0.4, 0.5) is 5.13 Å². The molecule has 0 unspecified atom stereocenters. The van der Waals surface area contributed by atoms with Gasteiger partial charge in [-0.1, -0.05) is 39.0 Å². The summed E-state index contributed by atoms with van der Waals surface area (Å²) in [4.78, 5) is 14.3. The van der Waals surface area contributed by atoms with E-state index in [0.29, 0.717) is 29.9 Å². The first kappa shape index (κ1) is 18.4. The van der Waals surface area contributed by atoms with E-state index < -0.39 is 0 Å². The van der Waals surface area contributed by atoms with Crippen LogP contribution in [0.3, 0.4) is 0 Å². The van der Waals surface area contributed by atoms with Crippen LogP contribution in [-0.4, -0.2) is 29.8 Å². The zero-order chi connectivity index (χ0) is 17.7. The number of ether oxygens (including phenoxy) is 1. The highest BCUT2D eigenvalue weighted by Gasteiger charge is 2.22. The van der Waals surface area contributed by atoms with Gasteiger partial charge >= 0.3 is 0 Å². The maximum Gasteiger partial charge on any atom is 0.229 e. The number of rotatable bonds is 7. The number of carbonyl (C=O) groups is 1. The van der Waals surface area contributed by atoms with E-state index >= 15 is 0 Å². The standard InChI is InChI=1S/C18H25N3O2S/c1-12(2)10-16(22)21(11-13(3)4)18-20-19-17(24-18)14-6-8-15(23-5)9-7-14/h6-9,12-13H,10-11H2,1-5H3. The van der Waals surface area contributed by atoms with Crippen molar-refractivity contribution in [3.05, 3.63) is 24.3 Å². The number of carbonyl (C=O) groups excluding carboxylic acids is 1. The zero-order valence-corrected chi connectivity index (χ0v) is 15.8. The lowest BCUT2D eigenvalue weighted by atomic mass is 10.1. The van der Waals surface area contributed by atoms with Crippen LogP contribution in [0.15, 0.2) is 24.3 Å². The van der Waals surface area contributed by atoms with Gasteiger partial charge in [-0.05, 0) is 36.1 Å². The average Bonchev–Trinajstić information content (AvgIpc) is 3.01. The molecule has 2 aromatic rings. The van der Waals surface area contributed by atoms with Crippen LogP contribution in [0, 0.1) is 11.8 Å². The molecule has 0 spiro atoms. The third-order valence-corrected chi connectivity index (χ3v) is 4.41. The fourth-order valence-electron chi connectivity index (χ4n) is 2.29. The van der Waals surface area contributed by atoms with Gasteiger partial charge in [0.15, 0.2) is 0 Å². The molecule has 130 valence electrons. The maximum atomic E-state index is 12.6. The minimum absolute atomic E-state index is 0.108. The van der Waals surface area contributed by atoms with Crippen molar-refractivity contribution in [1.29, 1.82) is 0 Å². The van der Waals surface area contributed by atoms with Crippen LogP contribution >= 0.6 is 11.3 Å². The molecule has 0 saturated heterocycles. The Morgan fingerprint density at radius 1 is 1.12 bits per heavy atom. The van der Waals surface area contributed by atoms with E-state index in [1.807, 2.05) is 38.1 Å². The van der Waals surface area contributed by atoms with Crippen molar-refractivity contribution >= 4 is 22.4 Å². The highest BCUT2D eigenvalue weighted by Crippen LogP contribution is 2.30. The number of aromatic nitrogens is 2. The van der Waals surface area contributed by atoms with Gasteiger partial charge < -0.3 is 4.74 Å². The van der Waals surface area contributed by atoms with Crippen molar-refractivity contribution in [3.63, 3.8) is 0 Å². The monoisotopic (exact) mass is 347 g/mol. The Kier molecular flexibility index (Phi) is 6.31. The van der Waals surface area contributed by atoms with E-state index in [4.69, 9.17) is 4.74 Å². The van der Waals surface area contributed by atoms with Crippen LogP contribution in [-0.2, 0) is 4.79 Å². The Hall–Kier alpha value is -1.95. The summed E-state index contributed by atoms with van der Waals surface area (Å²) in [6.07, 6.45) is 0.518. The summed E-state index contributed by atoms with van der Waals surface area (Å²) in [6.45, 7) is 8.95. The molecule has 0 bridgehead atoms. The largest absolute Gasteiger partial charge is 0.497 e. The van der Waals surface area contributed by atoms with Gasteiger partial charge in [0.1, 0.15) is 10.8 Å². The molecule has 24 heavy (non-hydrogen) atoms. The zero-order valence-electron chi connectivity index (χ0n) is 14.9. The van der Waals surface area contributed by atoms with Gasteiger partial charge in [-0.15, -0.1) is 10.2 Å². The van der Waals surface area contributed by atoms with Crippen LogP contribution in [0.25, 0.3) is 10.6 Å². The molecule has 0 aliphatic rings. The molecule has 1 aromatic heterocycles. The molecule has 0 atom stereocenters. The number of amides is 1. The normalized spacial score (nSPS) is 11.1. The van der Waals surface area contributed by atoms with Crippen LogP contribution in [0.1, 0.15) is 34.1 Å². The van der Waals surface area contributed by atoms with Crippen LogP contribution in [0.2, 0.25) is 0 Å². The maximum absolute atomic E-state index is 12.6. The second kappa shape index (κ2) is 8.24. The predicted molar refractivity (Wildman–Crippen MR) is 98.5 cm³/mol. The van der Waals surface area contributed by atoms with Crippen LogP contribution < -0.4 is 9.64 Å². The molecular weight excluding hydrogens is 322 g/mol. The summed E-state index contributed by atoms with van der Waals surface area (Å²) < 4.78 is 5.18. The van der Waals surface area contributed by atoms with Gasteiger partial charge in [0.2, 0.25) is 11.0 Å². The molecule has 0 saturated carbocycles. The molecule has 0 N–H and O–H groups in total. The first-order chi connectivity index (χ1) is 11.4. The van der Waals surface area contributed by atoms with Crippen molar-refractivity contribution in [3.8, 4) is 16.3 Å². The lowest BCUT2D eigenvalue weighted by molar-refractivity contribution is -0.119. The average molecular weight is 347 g/mol. The van der Waals surface area contributed by atoms with E-state index in [1.54, 1.807) is 12.0 Å². The highest BCUT2D eigenvalue weighted by atomic mass is 32.1. The van der Waals surface area contributed by atoms with Crippen LogP contribution in [0.5, 0.6) is 5.75 Å². The Balaban J connectivity index is 2.24. The smallest absolute Gasteiger partial charge is 0.229 e. The van der Waals surface area contributed by atoms with Crippen molar-refractivity contribution < 1.29 is 9.53 Å². The number of nitrogens with zero attached hydrogens (tertiary/aromatic N) is 3. The Bertz CT molecular complexity index is 665. The number of benzene rings is 1. The summed E-state index contributed by atoms with van der Waals surface area (Å²) >= 11 is 1.45. The van der Waals surface area contributed by atoms with Crippen molar-refractivity contribution in [2.45, 2.75) is 34.1 Å². The van der Waals surface area contributed by atoms with E-state index in [-0.39, 0.29) is 5.91 Å². The van der Waals surface area contributed by atoms with Gasteiger partial charge in [-0.2, -0.15) is 0 Å². The lowest BCUT2D eigenvalue weighted by Crippen LogP contribution is -2.34. The van der Waals surface area contributed by atoms with Gasteiger partial charge in [0.05, 0.1) is 7.11 Å². The Morgan fingerprint density at radius 3 is 2.33 bits per heavy atom. The van der Waals surface area contributed by atoms with Gasteiger partial charge in [-0.25, -0.2) is 0 Å². The quantitative estimate of drug-likeness (QED) is 0.751. The van der Waals surface area contributed by atoms with Gasteiger partial charge in [0.25, 0.3) is 0 Å². The summed E-state index contributed by atoms with van der Waals surface area (Å²) in [5.41, 5.74) is 0.973. The van der Waals surface area contributed by atoms with E-state index in [1.165, 1.54) is 11.3 Å². The molecule has 0 aliphatic heterocycles. The molecule has 2 rings (SSSR count). The topological polar surface area (TPSA) is 55.3 Å². The highest BCUT2D eigenvalue weighted by molar-refractivity contribution is 7.18. The minimum Gasteiger partial charge on any atom is -0.497 e. The second-order valence-electron chi connectivity index (χ2n) is 6.61. The fourth-order valence-corrected chi connectivity index (χ4v) is 3.16. The van der Waals surface area contributed by atoms with E-state index in [0.717, 1.165) is 16.3 Å². The summed E-state index contributed by atoms with van der Waals surface area (Å²) in [5, 5.41) is 10.00. The third kappa shape index (κ3) is 4.77. The molecule has 5 nitrogen and oxygen atoms in total. The molecular formula is C18H25N3O2S. The Labute approximate surface area is 147 Å². The number of hydrogen-bond donors (Lipinski definition) is 0. The second-order valence-corrected chi connectivity index (χ2v) is 7.57. The summed E-state index contributed by atoms with van der Waals surface area (Å²) in [5.74, 6) is 1.60. The fraction of sp³-hybridized carbons (Fsp3) is 0.500. The number of methoxy groups -OCH3 is 1. The first-order valence-electron chi connectivity index (χ1n) is 8.19. The first-order valence-corrected chi connectivity index (χ1v) is 9.00.